The number of piperidine rings is 1. The molecule has 9 rings (SSSR count). The molecule has 4 fully saturated rings. The summed E-state index contributed by atoms with van der Waals surface area (Å²) >= 11 is 0. The molecule has 0 radical (unpaired) electrons. The van der Waals surface area contributed by atoms with Gasteiger partial charge in [-0.3, -0.25) is 39.1 Å². The smallest absolute Gasteiger partial charge is 0.262 e. The molecule has 48 heavy (non-hydrogen) atoms. The van der Waals surface area contributed by atoms with Crippen molar-refractivity contribution in [2.75, 3.05) is 29.9 Å². The Bertz CT molecular complexity index is 2030. The van der Waals surface area contributed by atoms with E-state index in [1.54, 1.807) is 18.2 Å². The van der Waals surface area contributed by atoms with E-state index in [1.807, 2.05) is 24.4 Å². The third-order valence-corrected chi connectivity index (χ3v) is 10.4. The molecule has 244 valence electrons. The third kappa shape index (κ3) is 4.91. The van der Waals surface area contributed by atoms with Crippen molar-refractivity contribution in [1.82, 2.24) is 30.0 Å². The van der Waals surface area contributed by atoms with E-state index in [0.29, 0.717) is 31.5 Å². The second-order valence-electron chi connectivity index (χ2n) is 13.7. The molecule has 5 heterocycles. The molecule has 13 nitrogen and oxygen atoms in total. The molecule has 1 atom stereocenters. The van der Waals surface area contributed by atoms with Crippen molar-refractivity contribution >= 4 is 46.0 Å². The number of hydrogen-bond acceptors (Lipinski definition) is 10. The summed E-state index contributed by atoms with van der Waals surface area (Å²) in [7, 11) is 0. The predicted octanol–water partition coefficient (Wildman–Crippen LogP) is 3.02. The number of amides is 4. The Morgan fingerprint density at radius 1 is 0.917 bits per heavy atom. The van der Waals surface area contributed by atoms with Gasteiger partial charge in [0.25, 0.3) is 11.8 Å². The van der Waals surface area contributed by atoms with Crippen LogP contribution in [0, 0.1) is 5.92 Å². The van der Waals surface area contributed by atoms with Crippen LogP contribution in [0.5, 0.6) is 0 Å². The molecule has 3 N–H and O–H groups in total. The zero-order valence-corrected chi connectivity index (χ0v) is 26.1. The highest BCUT2D eigenvalue weighted by molar-refractivity contribution is 6.23. The number of benzene rings is 2. The van der Waals surface area contributed by atoms with Crippen LogP contribution in [0.4, 0.5) is 11.4 Å². The second-order valence-corrected chi connectivity index (χ2v) is 13.7. The maximum Gasteiger partial charge on any atom is 0.262 e. The molecule has 2 aromatic carbocycles. The minimum absolute atomic E-state index is 0.0883. The lowest BCUT2D eigenvalue weighted by molar-refractivity contribution is -0.136. The number of rotatable bonds is 8. The fourth-order valence-corrected chi connectivity index (χ4v) is 7.37. The van der Waals surface area contributed by atoms with Crippen molar-refractivity contribution in [2.24, 2.45) is 5.92 Å². The van der Waals surface area contributed by atoms with E-state index in [4.69, 9.17) is 15.1 Å². The summed E-state index contributed by atoms with van der Waals surface area (Å²) < 4.78 is 2.10. The summed E-state index contributed by atoms with van der Waals surface area (Å²) in [5.41, 5.74) is 6.96. The highest BCUT2D eigenvalue weighted by Crippen LogP contribution is 2.46. The van der Waals surface area contributed by atoms with Gasteiger partial charge in [-0.2, -0.15) is 5.10 Å². The molecule has 1 unspecified atom stereocenters. The quantitative estimate of drug-likeness (QED) is 0.243. The number of anilines is 2. The lowest BCUT2D eigenvalue weighted by Crippen LogP contribution is -2.54. The van der Waals surface area contributed by atoms with Gasteiger partial charge in [-0.1, -0.05) is 0 Å². The molecule has 5 aliphatic rings. The highest BCUT2D eigenvalue weighted by Gasteiger charge is 2.45. The second kappa shape index (κ2) is 10.9. The van der Waals surface area contributed by atoms with E-state index in [1.165, 1.54) is 0 Å². The molecular weight excluding hydrogens is 612 g/mol. The first kappa shape index (κ1) is 29.0. The summed E-state index contributed by atoms with van der Waals surface area (Å²) in [4.78, 5) is 63.0. The maximum absolute atomic E-state index is 13.2. The Hall–Kier alpha value is -5.17. The fraction of sp³-hybridized carbons (Fsp3) is 0.400. The van der Waals surface area contributed by atoms with Crippen molar-refractivity contribution < 1.29 is 24.3 Å². The van der Waals surface area contributed by atoms with Crippen molar-refractivity contribution in [3.8, 4) is 11.3 Å². The molecule has 2 saturated carbocycles. The Balaban J connectivity index is 0.860. The van der Waals surface area contributed by atoms with E-state index >= 15 is 0 Å². The van der Waals surface area contributed by atoms with Crippen LogP contribution in [-0.4, -0.2) is 85.2 Å². The van der Waals surface area contributed by atoms with Crippen LogP contribution in [0.3, 0.4) is 0 Å². The topological polar surface area (TPSA) is 163 Å². The number of aromatic nitrogens is 4. The fourth-order valence-electron chi connectivity index (χ4n) is 7.37. The molecule has 2 saturated heterocycles. The van der Waals surface area contributed by atoms with Gasteiger partial charge in [0.05, 0.1) is 51.9 Å². The largest absolute Gasteiger partial charge is 0.389 e. The van der Waals surface area contributed by atoms with Crippen LogP contribution >= 0.6 is 0 Å². The molecule has 2 aromatic heterocycles. The van der Waals surface area contributed by atoms with Gasteiger partial charge in [0, 0.05) is 55.1 Å². The molecule has 3 aliphatic heterocycles. The number of carbonyl (C=O) groups excluding carboxylic acids is 4. The summed E-state index contributed by atoms with van der Waals surface area (Å²) in [5.74, 6) is -1.16. The Morgan fingerprint density at radius 3 is 2.50 bits per heavy atom. The lowest BCUT2D eigenvalue weighted by atomic mass is 9.80. The Labute approximate surface area is 275 Å². The van der Waals surface area contributed by atoms with Gasteiger partial charge >= 0.3 is 0 Å². The summed E-state index contributed by atoms with van der Waals surface area (Å²) in [6, 6.07) is 10.5. The van der Waals surface area contributed by atoms with E-state index in [-0.39, 0.29) is 36.1 Å². The number of fused-ring (bicyclic) bond motifs is 2. The average Bonchev–Trinajstić information content (AvgIpc) is 3.76. The SMILES string of the molecule is O=C1CCC(N2C(=O)c3ccc(NCC4CC(n5cc(-c6cnc7ccc(N8CC(O)C8)cc7n6)c(C6CC6)n5)C4)cc3C2=O)C(=O)N1. The number of aliphatic hydroxyl groups excluding tert-OH is 1. The van der Waals surface area contributed by atoms with Gasteiger partial charge in [0.2, 0.25) is 11.8 Å². The van der Waals surface area contributed by atoms with Crippen LogP contribution in [0.25, 0.3) is 22.3 Å². The number of imide groups is 2. The molecule has 4 amide bonds. The van der Waals surface area contributed by atoms with Crippen molar-refractivity contribution in [1.29, 1.82) is 0 Å². The first-order valence-corrected chi connectivity index (χ1v) is 16.7. The molecule has 4 aromatic rings. The molecule has 13 heteroatoms. The molecular formula is C35H34N8O5. The molecule has 0 spiro atoms. The standard InChI is InChI=1S/C35H34N8O5/c44-23-15-41(16-23)21-4-6-27-28(12-21)38-29(14-37-27)26-17-42(40-32(26)19-1-2-19)22-9-18(10-22)13-36-20-3-5-24-25(11-20)35(48)43(34(24)47)30-7-8-31(45)39-33(30)46/h3-6,11-12,14,17-19,22-23,30,36,44H,1-2,7-10,13,15-16H2,(H,39,45,46). The van der Waals surface area contributed by atoms with Crippen LogP contribution in [0.15, 0.2) is 48.8 Å². The number of nitrogens with one attached hydrogen (secondary N) is 2. The van der Waals surface area contributed by atoms with Gasteiger partial charge < -0.3 is 15.3 Å². The van der Waals surface area contributed by atoms with Gasteiger partial charge in [-0.05, 0) is 74.4 Å². The van der Waals surface area contributed by atoms with Crippen molar-refractivity contribution in [2.45, 2.75) is 62.6 Å². The molecule has 2 aliphatic carbocycles. The van der Waals surface area contributed by atoms with Gasteiger partial charge in [-0.15, -0.1) is 0 Å². The van der Waals surface area contributed by atoms with Crippen LogP contribution in [0.1, 0.15) is 76.9 Å². The van der Waals surface area contributed by atoms with E-state index < -0.39 is 29.7 Å². The third-order valence-electron chi connectivity index (χ3n) is 10.4. The number of carbonyl (C=O) groups is 4. The monoisotopic (exact) mass is 646 g/mol. The van der Waals surface area contributed by atoms with Crippen LogP contribution in [0.2, 0.25) is 0 Å². The zero-order chi connectivity index (χ0) is 32.7. The average molecular weight is 647 g/mol. The zero-order valence-electron chi connectivity index (χ0n) is 26.1. The van der Waals surface area contributed by atoms with Crippen LogP contribution in [-0.2, 0) is 9.59 Å². The van der Waals surface area contributed by atoms with Gasteiger partial charge in [-0.25, -0.2) is 4.98 Å². The van der Waals surface area contributed by atoms with E-state index in [2.05, 4.69) is 26.4 Å². The van der Waals surface area contributed by atoms with E-state index in [0.717, 1.165) is 69.9 Å². The van der Waals surface area contributed by atoms with E-state index in [9.17, 15) is 24.3 Å². The number of aliphatic hydroxyl groups is 1. The Morgan fingerprint density at radius 2 is 1.73 bits per heavy atom. The van der Waals surface area contributed by atoms with Gasteiger partial charge in [0.1, 0.15) is 6.04 Å². The first-order valence-electron chi connectivity index (χ1n) is 16.7. The van der Waals surface area contributed by atoms with Gasteiger partial charge in [0.15, 0.2) is 0 Å². The highest BCUT2D eigenvalue weighted by atomic mass is 16.3. The summed E-state index contributed by atoms with van der Waals surface area (Å²) in [6.45, 7) is 1.98. The van der Waals surface area contributed by atoms with Crippen molar-refractivity contribution in [3.63, 3.8) is 0 Å². The van der Waals surface area contributed by atoms with Crippen LogP contribution < -0.4 is 15.5 Å². The summed E-state index contributed by atoms with van der Waals surface area (Å²) in [6.07, 6.45) is 8.09. The minimum atomic E-state index is -0.978. The number of nitrogens with zero attached hydrogens (tertiary/aromatic N) is 6. The first-order chi connectivity index (χ1) is 23.3. The lowest BCUT2D eigenvalue weighted by Gasteiger charge is -2.37. The normalized spacial score (nSPS) is 24.1. The maximum atomic E-state index is 13.2. The minimum Gasteiger partial charge on any atom is -0.389 e. The predicted molar refractivity (Wildman–Crippen MR) is 174 cm³/mol. The number of hydrogen-bond donors (Lipinski definition) is 3. The molecule has 0 bridgehead atoms. The number of β-amino-alcohol motifs (C(OH)–C–C–N with tert-alkyl or cyclic N) is 1. The van der Waals surface area contributed by atoms with Crippen molar-refractivity contribution in [3.05, 3.63) is 65.6 Å². The summed E-state index contributed by atoms with van der Waals surface area (Å²) in [5, 5.41) is 20.4. The Kier molecular flexibility index (Phi) is 6.61.